The molecule has 0 aliphatic carbocycles. The van der Waals surface area contributed by atoms with Crippen molar-refractivity contribution in [2.45, 2.75) is 78.3 Å². The number of amides is 2. The Kier molecular flexibility index (Phi) is 9.58. The van der Waals surface area contributed by atoms with E-state index in [1.165, 1.54) is 0 Å². The van der Waals surface area contributed by atoms with Gasteiger partial charge < -0.3 is 10.3 Å². The Hall–Kier alpha value is -3.50. The summed E-state index contributed by atoms with van der Waals surface area (Å²) in [6.07, 6.45) is 1.97. The highest BCUT2D eigenvalue weighted by Gasteiger charge is 2.45. The van der Waals surface area contributed by atoms with Crippen molar-refractivity contribution in [2.75, 3.05) is 11.8 Å². The van der Waals surface area contributed by atoms with Gasteiger partial charge in [0.1, 0.15) is 12.3 Å². The van der Waals surface area contributed by atoms with Crippen LogP contribution in [0.15, 0.2) is 51.9 Å². The van der Waals surface area contributed by atoms with Crippen LogP contribution < -0.4 is 10.5 Å². The molecule has 0 radical (unpaired) electrons. The second-order valence-corrected chi connectivity index (χ2v) is 12.6. The third-order valence-corrected chi connectivity index (χ3v) is 8.90. The fraction of sp³-hybridized carbons (Fsp3) is 0.433. The van der Waals surface area contributed by atoms with E-state index in [2.05, 4.69) is 9.88 Å². The number of nitrogens with one attached hydrogen (secondary N) is 1. The Labute approximate surface area is 237 Å². The van der Waals surface area contributed by atoms with Crippen molar-refractivity contribution >= 4 is 27.7 Å². The van der Waals surface area contributed by atoms with E-state index in [-0.39, 0.29) is 27.0 Å². The highest BCUT2D eigenvalue weighted by molar-refractivity contribution is 7.92. The molecule has 2 atom stereocenters. The Balaban J connectivity index is 2.02. The van der Waals surface area contributed by atoms with Crippen molar-refractivity contribution < 1.29 is 27.0 Å². The van der Waals surface area contributed by atoms with Gasteiger partial charge in [0, 0.05) is 22.6 Å². The lowest BCUT2D eigenvalue weighted by atomic mass is 9.95. The number of primary amides is 1. The van der Waals surface area contributed by atoms with Crippen molar-refractivity contribution in [1.29, 1.82) is 0 Å². The summed E-state index contributed by atoms with van der Waals surface area (Å²) >= 11 is 0. The molecule has 1 aromatic heterocycles. The summed E-state index contributed by atoms with van der Waals surface area (Å²) in [5.74, 6) is 0.0300. The number of carbonyl (C=O) groups is 2. The maximum absolute atomic E-state index is 13.5. The number of aryl methyl sites for hydroxylation is 2. The van der Waals surface area contributed by atoms with Gasteiger partial charge in [0.2, 0.25) is 0 Å². The third-order valence-electron chi connectivity index (χ3n) is 7.51. The summed E-state index contributed by atoms with van der Waals surface area (Å²) in [5.41, 5.74) is 9.39. The van der Waals surface area contributed by atoms with E-state index < -0.39 is 22.0 Å². The second-order valence-electron chi connectivity index (χ2n) is 11.0. The summed E-state index contributed by atoms with van der Waals surface area (Å²) in [6.45, 7) is 11.5. The molecule has 9 nitrogen and oxygen atoms in total. The molecule has 2 amide bonds. The van der Waals surface area contributed by atoms with Crippen LogP contribution in [-0.2, 0) is 26.2 Å². The first-order valence-corrected chi connectivity index (χ1v) is 15.0. The number of nitrogens with zero attached hydrogens (tertiary/aromatic N) is 2. The van der Waals surface area contributed by atoms with Gasteiger partial charge >= 0.3 is 5.91 Å². The van der Waals surface area contributed by atoms with E-state index in [1.807, 2.05) is 45.9 Å². The van der Waals surface area contributed by atoms with Crippen molar-refractivity contribution in [3.05, 3.63) is 64.9 Å². The Bertz CT molecular complexity index is 1500. The zero-order valence-electron chi connectivity index (χ0n) is 24.4. The molecule has 3 N–H and O–H groups in total. The van der Waals surface area contributed by atoms with Gasteiger partial charge in [0.05, 0.1) is 18.4 Å². The van der Waals surface area contributed by atoms with Gasteiger partial charge in [-0.25, -0.2) is 17.7 Å². The van der Waals surface area contributed by atoms with Crippen LogP contribution in [0.5, 0.6) is 0 Å². The van der Waals surface area contributed by atoms with E-state index in [4.69, 9.17) is 10.3 Å². The number of unbranched alkanes of at least 4 members (excludes halogenated alkanes) is 1. The number of quaternary nitrogens is 1. The van der Waals surface area contributed by atoms with E-state index in [0.29, 0.717) is 29.9 Å². The highest BCUT2D eigenvalue weighted by Crippen LogP contribution is 2.33. The fourth-order valence-electron chi connectivity index (χ4n) is 5.32. The number of benzene rings is 2. The molecular weight excluding hydrogens is 528 g/mol. The lowest BCUT2D eigenvalue weighted by molar-refractivity contribution is -0.868. The largest absolute Gasteiger partial charge is 0.364 e. The van der Waals surface area contributed by atoms with Gasteiger partial charge in [0.15, 0.2) is 11.9 Å². The number of rotatable bonds is 12. The number of hydrogen-bond donors (Lipinski definition) is 2. The van der Waals surface area contributed by atoms with Crippen LogP contribution >= 0.6 is 0 Å². The molecule has 1 unspecified atom stereocenters. The van der Waals surface area contributed by atoms with Crippen LogP contribution in [0.2, 0.25) is 0 Å². The van der Waals surface area contributed by atoms with Gasteiger partial charge in [-0.05, 0) is 50.5 Å². The van der Waals surface area contributed by atoms with E-state index in [9.17, 15) is 18.0 Å². The van der Waals surface area contributed by atoms with Crippen molar-refractivity contribution in [2.24, 2.45) is 11.7 Å². The predicted molar refractivity (Wildman–Crippen MR) is 156 cm³/mol. The normalized spacial score (nSPS) is 14.1. The molecule has 0 aliphatic rings. The molecular formula is C30H41N4O5S+. The number of sulfonamides is 1. The molecule has 0 aliphatic heterocycles. The fourth-order valence-corrected chi connectivity index (χ4v) is 6.60. The van der Waals surface area contributed by atoms with E-state index in [0.717, 1.165) is 29.5 Å². The summed E-state index contributed by atoms with van der Waals surface area (Å²) in [7, 11) is -2.19. The maximum atomic E-state index is 13.5. The van der Waals surface area contributed by atoms with Gasteiger partial charge in [-0.2, -0.15) is 0 Å². The maximum Gasteiger partial charge on any atom is 0.314 e. The average molecular weight is 570 g/mol. The number of anilines is 1. The molecule has 40 heavy (non-hydrogen) atoms. The number of nitrogens with two attached hydrogens (primary N) is 1. The van der Waals surface area contributed by atoms with Crippen LogP contribution in [-0.4, -0.2) is 43.0 Å². The SMILES string of the molecule is CCCCC(=O)[N+](C)(Cc1ccc(-c2ccccc2S(=O)(=O)Nc2noc(C)c2C)c(C)c1)[C@H](C(N)=O)C(C)C. The predicted octanol–water partition coefficient (Wildman–Crippen LogP) is 5.24. The first-order chi connectivity index (χ1) is 18.7. The number of aromatic nitrogens is 1. The summed E-state index contributed by atoms with van der Waals surface area (Å²) in [5, 5.41) is 3.84. The molecule has 0 bridgehead atoms. The molecule has 2 aromatic carbocycles. The van der Waals surface area contributed by atoms with E-state index >= 15 is 0 Å². The second kappa shape index (κ2) is 12.3. The molecule has 3 aromatic rings. The van der Waals surface area contributed by atoms with Crippen LogP contribution in [0.3, 0.4) is 0 Å². The molecule has 10 heteroatoms. The molecule has 1 heterocycles. The standard InChI is InChI=1S/C30H40N4O5S/c1-8-9-14-27(35)34(7,28(19(2)3)29(31)36)18-23-15-16-24(20(4)17-23)25-12-10-11-13-26(25)40(37,38)33-30-21(5)22(6)39-32-30/h10-13,15-17,19,28H,8-9,14,18H2,1-7H3,(H2-,31,32,33,36)/p+1/t28-,34?/m0/s1. The van der Waals surface area contributed by atoms with Crippen LogP contribution in [0.25, 0.3) is 11.1 Å². The Morgan fingerprint density at radius 3 is 2.30 bits per heavy atom. The zero-order chi connectivity index (χ0) is 29.8. The third kappa shape index (κ3) is 6.45. The van der Waals surface area contributed by atoms with Crippen LogP contribution in [0.1, 0.15) is 62.5 Å². The molecule has 216 valence electrons. The smallest absolute Gasteiger partial charge is 0.314 e. The highest BCUT2D eigenvalue weighted by atomic mass is 32.2. The van der Waals surface area contributed by atoms with Crippen molar-refractivity contribution in [1.82, 2.24) is 5.16 Å². The van der Waals surface area contributed by atoms with Crippen molar-refractivity contribution in [3.63, 3.8) is 0 Å². The van der Waals surface area contributed by atoms with Gasteiger partial charge in [-0.1, -0.05) is 62.7 Å². The summed E-state index contributed by atoms with van der Waals surface area (Å²) in [6, 6.07) is 11.8. The van der Waals surface area contributed by atoms with Crippen molar-refractivity contribution in [3.8, 4) is 11.1 Å². The molecule has 0 saturated heterocycles. The van der Waals surface area contributed by atoms with Gasteiger partial charge in [-0.3, -0.25) is 9.52 Å². The lowest BCUT2D eigenvalue weighted by Gasteiger charge is -2.39. The summed E-state index contributed by atoms with van der Waals surface area (Å²) < 4.78 is 34.4. The topological polar surface area (TPSA) is 132 Å². The van der Waals surface area contributed by atoms with Gasteiger partial charge in [0.25, 0.3) is 15.9 Å². The quantitative estimate of drug-likeness (QED) is 0.287. The lowest BCUT2D eigenvalue weighted by Crippen LogP contribution is -2.62. The molecule has 0 fully saturated rings. The van der Waals surface area contributed by atoms with Crippen LogP contribution in [0, 0.1) is 26.7 Å². The van der Waals surface area contributed by atoms with Gasteiger partial charge in [-0.15, -0.1) is 0 Å². The first-order valence-electron chi connectivity index (χ1n) is 13.6. The molecule has 0 spiro atoms. The number of hydrogen-bond acceptors (Lipinski definition) is 6. The van der Waals surface area contributed by atoms with E-state index in [1.54, 1.807) is 45.2 Å². The van der Waals surface area contributed by atoms with Crippen LogP contribution in [0.4, 0.5) is 5.82 Å². The first kappa shape index (κ1) is 31.0. The number of likely N-dealkylation sites (N-methyl/N-ethyl adjacent to an activating group) is 1. The Morgan fingerprint density at radius 2 is 1.75 bits per heavy atom. The minimum Gasteiger partial charge on any atom is -0.364 e. The Morgan fingerprint density at radius 1 is 1.07 bits per heavy atom. The minimum atomic E-state index is -3.98. The molecule has 3 rings (SSSR count). The monoisotopic (exact) mass is 569 g/mol. The molecule has 0 saturated carbocycles. The minimum absolute atomic E-state index is 0.0259. The summed E-state index contributed by atoms with van der Waals surface area (Å²) in [4.78, 5) is 26.1. The number of carbonyl (C=O) groups excluding carboxylic acids is 2. The average Bonchev–Trinajstić information content (AvgIpc) is 3.18. The zero-order valence-corrected chi connectivity index (χ0v) is 25.3.